The molecular formula is C15H21N3O3. The Morgan fingerprint density at radius 1 is 1.43 bits per heavy atom. The van der Waals surface area contributed by atoms with E-state index in [2.05, 4.69) is 17.1 Å². The highest BCUT2D eigenvalue weighted by Crippen LogP contribution is 2.19. The van der Waals surface area contributed by atoms with Crippen molar-refractivity contribution in [2.24, 2.45) is 0 Å². The molecule has 114 valence electrons. The summed E-state index contributed by atoms with van der Waals surface area (Å²) in [6, 6.07) is 4.68. The monoisotopic (exact) mass is 291 g/mol. The number of piperidine rings is 1. The number of benzene rings is 1. The Morgan fingerprint density at radius 3 is 2.62 bits per heavy atom. The van der Waals surface area contributed by atoms with Crippen molar-refractivity contribution in [1.82, 2.24) is 10.2 Å². The number of amides is 1. The van der Waals surface area contributed by atoms with Gasteiger partial charge in [0.1, 0.15) is 0 Å². The van der Waals surface area contributed by atoms with Crippen LogP contribution in [0, 0.1) is 17.0 Å². The van der Waals surface area contributed by atoms with Gasteiger partial charge in [0.2, 0.25) is 0 Å². The fourth-order valence-electron chi connectivity index (χ4n) is 2.66. The number of likely N-dealkylation sites (tertiary alicyclic amines) is 1. The largest absolute Gasteiger partial charge is 0.349 e. The second-order valence-corrected chi connectivity index (χ2v) is 5.44. The van der Waals surface area contributed by atoms with Crippen molar-refractivity contribution >= 4 is 11.6 Å². The molecule has 0 spiro atoms. The van der Waals surface area contributed by atoms with Crippen LogP contribution in [0.15, 0.2) is 18.2 Å². The Bertz CT molecular complexity index is 537. The zero-order valence-electron chi connectivity index (χ0n) is 12.5. The van der Waals surface area contributed by atoms with Crippen LogP contribution >= 0.6 is 0 Å². The van der Waals surface area contributed by atoms with Gasteiger partial charge < -0.3 is 10.2 Å². The average molecular weight is 291 g/mol. The number of aryl methyl sites for hydroxylation is 1. The lowest BCUT2D eigenvalue weighted by atomic mass is 10.0. The molecule has 1 fully saturated rings. The molecule has 21 heavy (non-hydrogen) atoms. The first kappa shape index (κ1) is 15.4. The minimum atomic E-state index is -0.433. The minimum absolute atomic E-state index is 0.0443. The molecule has 1 heterocycles. The highest BCUT2D eigenvalue weighted by Gasteiger charge is 2.21. The number of nitro groups is 1. The molecule has 0 aliphatic carbocycles. The van der Waals surface area contributed by atoms with Gasteiger partial charge in [-0.15, -0.1) is 0 Å². The van der Waals surface area contributed by atoms with Gasteiger partial charge in [-0.05, 0) is 38.4 Å². The minimum Gasteiger partial charge on any atom is -0.349 e. The number of nitrogens with one attached hydrogen (secondary N) is 1. The fraction of sp³-hybridized carbons (Fsp3) is 0.533. The van der Waals surface area contributed by atoms with E-state index in [-0.39, 0.29) is 17.6 Å². The summed E-state index contributed by atoms with van der Waals surface area (Å²) in [6.07, 6.45) is 1.90. The van der Waals surface area contributed by atoms with Gasteiger partial charge in [0.15, 0.2) is 0 Å². The molecule has 1 aliphatic heterocycles. The van der Waals surface area contributed by atoms with Crippen molar-refractivity contribution in [3.63, 3.8) is 0 Å². The molecular weight excluding hydrogens is 270 g/mol. The number of nitrogens with zero attached hydrogens (tertiary/aromatic N) is 2. The summed E-state index contributed by atoms with van der Waals surface area (Å²) in [6.45, 7) is 6.83. The third kappa shape index (κ3) is 3.78. The Hall–Kier alpha value is -1.95. The number of carbonyl (C=O) groups excluding carboxylic acids is 1. The molecule has 0 bridgehead atoms. The SMILES string of the molecule is CCN1CCC(NC(=O)c2ccc([N+](=O)[O-])c(C)c2)CC1. The van der Waals surface area contributed by atoms with Crippen LogP contribution in [-0.4, -0.2) is 41.4 Å². The number of hydrogen-bond donors (Lipinski definition) is 1. The molecule has 0 saturated carbocycles. The highest BCUT2D eigenvalue weighted by molar-refractivity contribution is 5.94. The Kier molecular flexibility index (Phi) is 4.90. The summed E-state index contributed by atoms with van der Waals surface area (Å²) >= 11 is 0. The van der Waals surface area contributed by atoms with Crippen LogP contribution in [-0.2, 0) is 0 Å². The summed E-state index contributed by atoms with van der Waals surface area (Å²) in [5, 5.41) is 13.8. The zero-order chi connectivity index (χ0) is 15.4. The fourth-order valence-corrected chi connectivity index (χ4v) is 2.66. The van der Waals surface area contributed by atoms with Crippen molar-refractivity contribution in [1.29, 1.82) is 0 Å². The van der Waals surface area contributed by atoms with Gasteiger partial charge in [0.05, 0.1) is 4.92 Å². The van der Waals surface area contributed by atoms with Gasteiger partial charge in [-0.25, -0.2) is 0 Å². The summed E-state index contributed by atoms with van der Waals surface area (Å²) in [7, 11) is 0. The van der Waals surface area contributed by atoms with Crippen LogP contribution in [0.3, 0.4) is 0 Å². The number of carbonyl (C=O) groups is 1. The molecule has 2 rings (SSSR count). The second-order valence-electron chi connectivity index (χ2n) is 5.44. The van der Waals surface area contributed by atoms with E-state index < -0.39 is 4.92 Å². The lowest BCUT2D eigenvalue weighted by Crippen LogP contribution is -2.44. The van der Waals surface area contributed by atoms with Crippen molar-refractivity contribution in [2.45, 2.75) is 32.7 Å². The number of nitro benzene ring substituents is 1. The first-order valence-corrected chi connectivity index (χ1v) is 7.29. The predicted molar refractivity (Wildman–Crippen MR) is 80.4 cm³/mol. The molecule has 1 N–H and O–H groups in total. The molecule has 1 aromatic rings. The topological polar surface area (TPSA) is 75.5 Å². The van der Waals surface area contributed by atoms with E-state index in [0.717, 1.165) is 32.5 Å². The van der Waals surface area contributed by atoms with Crippen LogP contribution in [0.25, 0.3) is 0 Å². The van der Waals surface area contributed by atoms with Crippen LogP contribution in [0.1, 0.15) is 35.7 Å². The van der Waals surface area contributed by atoms with Gasteiger partial charge in [-0.3, -0.25) is 14.9 Å². The van der Waals surface area contributed by atoms with E-state index in [1.165, 1.54) is 12.1 Å². The Balaban J connectivity index is 1.98. The first-order valence-electron chi connectivity index (χ1n) is 7.29. The summed E-state index contributed by atoms with van der Waals surface area (Å²) in [4.78, 5) is 24.9. The molecule has 1 aromatic carbocycles. The highest BCUT2D eigenvalue weighted by atomic mass is 16.6. The van der Waals surface area contributed by atoms with E-state index in [4.69, 9.17) is 0 Å². The molecule has 6 heteroatoms. The quantitative estimate of drug-likeness (QED) is 0.681. The van der Waals surface area contributed by atoms with E-state index in [9.17, 15) is 14.9 Å². The van der Waals surface area contributed by atoms with Gasteiger partial charge >= 0.3 is 0 Å². The maximum absolute atomic E-state index is 12.2. The van der Waals surface area contributed by atoms with E-state index in [0.29, 0.717) is 11.1 Å². The molecule has 1 amide bonds. The molecule has 0 unspecified atom stereocenters. The van der Waals surface area contributed by atoms with E-state index in [1.807, 2.05) is 0 Å². The van der Waals surface area contributed by atoms with Crippen LogP contribution in [0.5, 0.6) is 0 Å². The third-order valence-corrected chi connectivity index (χ3v) is 4.03. The zero-order valence-corrected chi connectivity index (χ0v) is 12.5. The van der Waals surface area contributed by atoms with Crippen LogP contribution in [0.2, 0.25) is 0 Å². The van der Waals surface area contributed by atoms with Gasteiger partial charge in [-0.2, -0.15) is 0 Å². The van der Waals surface area contributed by atoms with Crippen LogP contribution in [0.4, 0.5) is 5.69 Å². The molecule has 6 nitrogen and oxygen atoms in total. The van der Waals surface area contributed by atoms with Crippen LogP contribution < -0.4 is 5.32 Å². The predicted octanol–water partition coefficient (Wildman–Crippen LogP) is 2.12. The lowest BCUT2D eigenvalue weighted by molar-refractivity contribution is -0.385. The number of rotatable bonds is 4. The van der Waals surface area contributed by atoms with Crippen molar-refractivity contribution < 1.29 is 9.72 Å². The molecule has 1 aliphatic rings. The second kappa shape index (κ2) is 6.67. The summed E-state index contributed by atoms with van der Waals surface area (Å²) in [5.74, 6) is -0.150. The number of hydrogen-bond acceptors (Lipinski definition) is 4. The molecule has 0 radical (unpaired) electrons. The van der Waals surface area contributed by atoms with Gasteiger partial charge in [-0.1, -0.05) is 6.92 Å². The normalized spacial score (nSPS) is 16.7. The van der Waals surface area contributed by atoms with E-state index in [1.54, 1.807) is 13.0 Å². The van der Waals surface area contributed by atoms with Gasteiger partial charge in [0, 0.05) is 36.3 Å². The third-order valence-electron chi connectivity index (χ3n) is 4.03. The standard InChI is InChI=1S/C15H21N3O3/c1-3-17-8-6-13(7-9-17)16-15(19)12-4-5-14(18(20)21)11(2)10-12/h4-5,10,13H,3,6-9H2,1-2H3,(H,16,19). The van der Waals surface area contributed by atoms with Gasteiger partial charge in [0.25, 0.3) is 11.6 Å². The average Bonchev–Trinajstić information content (AvgIpc) is 2.47. The first-order chi connectivity index (χ1) is 10.0. The maximum atomic E-state index is 12.2. The lowest BCUT2D eigenvalue weighted by Gasteiger charge is -2.31. The Labute approximate surface area is 124 Å². The Morgan fingerprint density at radius 2 is 2.10 bits per heavy atom. The molecule has 0 aromatic heterocycles. The van der Waals surface area contributed by atoms with Crippen molar-refractivity contribution in [3.8, 4) is 0 Å². The van der Waals surface area contributed by atoms with E-state index >= 15 is 0 Å². The summed E-state index contributed by atoms with van der Waals surface area (Å²) < 4.78 is 0. The summed E-state index contributed by atoms with van der Waals surface area (Å²) in [5.41, 5.74) is 1.03. The van der Waals surface area contributed by atoms with Crippen molar-refractivity contribution in [2.75, 3.05) is 19.6 Å². The molecule has 1 saturated heterocycles. The maximum Gasteiger partial charge on any atom is 0.272 e. The van der Waals surface area contributed by atoms with Crippen molar-refractivity contribution in [3.05, 3.63) is 39.4 Å². The smallest absolute Gasteiger partial charge is 0.272 e. The molecule has 0 atom stereocenters.